The van der Waals surface area contributed by atoms with E-state index in [9.17, 15) is 18.0 Å². The molecule has 1 amide bonds. The maximum atomic E-state index is 13.6. The highest BCUT2D eigenvalue weighted by Crippen LogP contribution is 2.24. The van der Waals surface area contributed by atoms with Gasteiger partial charge in [0.1, 0.15) is 11.6 Å². The number of benzene rings is 2. The van der Waals surface area contributed by atoms with Crippen LogP contribution in [0.2, 0.25) is 0 Å². The summed E-state index contributed by atoms with van der Waals surface area (Å²) in [6, 6.07) is 8.63. The van der Waals surface area contributed by atoms with Gasteiger partial charge in [-0.2, -0.15) is 0 Å². The molecule has 3 rings (SSSR count). The van der Waals surface area contributed by atoms with Gasteiger partial charge in [0.25, 0.3) is 5.91 Å². The Morgan fingerprint density at radius 1 is 1.16 bits per heavy atom. The number of ether oxygens (including phenoxy) is 1. The minimum atomic E-state index is -0.866. The molecular formula is C18H17F3N2O2. The third kappa shape index (κ3) is 4.11. The van der Waals surface area contributed by atoms with E-state index in [1.54, 1.807) is 17.0 Å². The van der Waals surface area contributed by atoms with Crippen LogP contribution >= 0.6 is 0 Å². The molecule has 0 radical (unpaired) electrons. The SMILES string of the molecule is O=C(COc1ccc(F)cc1F)N1CCNCC1c1cccc(F)c1. The lowest BCUT2D eigenvalue weighted by molar-refractivity contribution is -0.136. The fourth-order valence-electron chi connectivity index (χ4n) is 2.83. The number of halogens is 3. The molecular weight excluding hydrogens is 333 g/mol. The van der Waals surface area contributed by atoms with Gasteiger partial charge in [-0.3, -0.25) is 4.79 Å². The molecule has 0 spiro atoms. The van der Waals surface area contributed by atoms with Crippen LogP contribution in [-0.4, -0.2) is 37.0 Å². The summed E-state index contributed by atoms with van der Waals surface area (Å²) in [4.78, 5) is 14.1. The van der Waals surface area contributed by atoms with E-state index in [0.717, 1.165) is 12.1 Å². The van der Waals surface area contributed by atoms with E-state index >= 15 is 0 Å². The van der Waals surface area contributed by atoms with E-state index < -0.39 is 11.6 Å². The second-order valence-corrected chi connectivity index (χ2v) is 5.73. The number of nitrogens with one attached hydrogen (secondary N) is 1. The molecule has 25 heavy (non-hydrogen) atoms. The highest BCUT2D eigenvalue weighted by Gasteiger charge is 2.28. The van der Waals surface area contributed by atoms with E-state index in [4.69, 9.17) is 4.74 Å². The molecule has 2 aromatic carbocycles. The van der Waals surface area contributed by atoms with Gasteiger partial charge in [-0.25, -0.2) is 13.2 Å². The molecule has 1 aliphatic heterocycles. The van der Waals surface area contributed by atoms with Crippen molar-refractivity contribution in [3.05, 3.63) is 65.5 Å². The van der Waals surface area contributed by atoms with Crippen molar-refractivity contribution in [3.8, 4) is 5.75 Å². The molecule has 4 nitrogen and oxygen atoms in total. The number of nitrogens with zero attached hydrogens (tertiary/aromatic N) is 1. The summed E-state index contributed by atoms with van der Waals surface area (Å²) in [6.45, 7) is 1.13. The zero-order valence-corrected chi connectivity index (χ0v) is 13.3. The van der Waals surface area contributed by atoms with E-state index in [1.807, 2.05) is 0 Å². The molecule has 1 aliphatic rings. The average Bonchev–Trinajstić information content (AvgIpc) is 2.61. The number of hydrogen-bond donors (Lipinski definition) is 1. The van der Waals surface area contributed by atoms with Gasteiger partial charge in [0, 0.05) is 25.7 Å². The molecule has 1 atom stereocenters. The lowest BCUT2D eigenvalue weighted by Crippen LogP contribution is -2.50. The normalized spacial score (nSPS) is 17.4. The van der Waals surface area contributed by atoms with Crippen LogP contribution in [0.1, 0.15) is 11.6 Å². The molecule has 1 heterocycles. The van der Waals surface area contributed by atoms with Gasteiger partial charge >= 0.3 is 0 Å². The standard InChI is InChI=1S/C18H17F3N2O2/c19-13-3-1-2-12(8-13)16-10-22-6-7-23(16)18(24)11-25-17-5-4-14(20)9-15(17)21/h1-5,8-9,16,22H,6-7,10-11H2. The second-order valence-electron chi connectivity index (χ2n) is 5.73. The molecule has 7 heteroatoms. The Kier molecular flexibility index (Phi) is 5.23. The minimum absolute atomic E-state index is 0.188. The van der Waals surface area contributed by atoms with Crippen LogP contribution in [0.4, 0.5) is 13.2 Å². The molecule has 0 aliphatic carbocycles. The van der Waals surface area contributed by atoms with Gasteiger partial charge in [0.15, 0.2) is 18.2 Å². The van der Waals surface area contributed by atoms with Crippen molar-refractivity contribution in [2.75, 3.05) is 26.2 Å². The van der Waals surface area contributed by atoms with E-state index in [0.29, 0.717) is 31.3 Å². The number of amides is 1. The first-order valence-corrected chi connectivity index (χ1v) is 7.88. The highest BCUT2D eigenvalue weighted by atomic mass is 19.1. The van der Waals surface area contributed by atoms with Crippen molar-refractivity contribution < 1.29 is 22.7 Å². The third-order valence-corrected chi connectivity index (χ3v) is 4.04. The zero-order chi connectivity index (χ0) is 17.8. The Hall–Kier alpha value is -2.54. The van der Waals surface area contributed by atoms with Crippen molar-refractivity contribution >= 4 is 5.91 Å². The average molecular weight is 350 g/mol. The van der Waals surface area contributed by atoms with Crippen molar-refractivity contribution in [2.24, 2.45) is 0 Å². The second kappa shape index (κ2) is 7.57. The van der Waals surface area contributed by atoms with E-state index in [2.05, 4.69) is 5.32 Å². The van der Waals surface area contributed by atoms with Crippen LogP contribution in [-0.2, 0) is 4.79 Å². The number of hydrogen-bond acceptors (Lipinski definition) is 3. The summed E-state index contributed by atoms with van der Waals surface area (Å²) >= 11 is 0. The van der Waals surface area contributed by atoms with Gasteiger partial charge < -0.3 is 15.0 Å². The predicted octanol–water partition coefficient (Wildman–Crippen LogP) is 2.66. The van der Waals surface area contributed by atoms with Gasteiger partial charge in [0.2, 0.25) is 0 Å². The van der Waals surface area contributed by atoms with Gasteiger partial charge in [-0.15, -0.1) is 0 Å². The van der Waals surface area contributed by atoms with Crippen LogP contribution < -0.4 is 10.1 Å². The van der Waals surface area contributed by atoms with Gasteiger partial charge in [-0.05, 0) is 29.8 Å². The fourth-order valence-corrected chi connectivity index (χ4v) is 2.83. The molecule has 0 bridgehead atoms. The number of piperazine rings is 1. The largest absolute Gasteiger partial charge is 0.481 e. The number of rotatable bonds is 4. The van der Waals surface area contributed by atoms with Crippen LogP contribution in [0.5, 0.6) is 5.75 Å². The Morgan fingerprint density at radius 2 is 1.96 bits per heavy atom. The summed E-state index contributed by atoms with van der Waals surface area (Å²) in [7, 11) is 0. The molecule has 0 aromatic heterocycles. The number of carbonyl (C=O) groups is 1. The Balaban J connectivity index is 1.70. The highest BCUT2D eigenvalue weighted by molar-refractivity contribution is 5.78. The van der Waals surface area contributed by atoms with Crippen LogP contribution in [0, 0.1) is 17.5 Å². The van der Waals surface area contributed by atoms with Crippen LogP contribution in [0.15, 0.2) is 42.5 Å². The van der Waals surface area contributed by atoms with Crippen LogP contribution in [0.25, 0.3) is 0 Å². The van der Waals surface area contributed by atoms with E-state index in [1.165, 1.54) is 12.1 Å². The molecule has 1 saturated heterocycles. The number of carbonyl (C=O) groups excluding carboxylic acids is 1. The Bertz CT molecular complexity index is 770. The van der Waals surface area contributed by atoms with Crippen molar-refractivity contribution in [1.82, 2.24) is 10.2 Å². The Labute approximate surface area is 143 Å². The van der Waals surface area contributed by atoms with Crippen molar-refractivity contribution in [2.45, 2.75) is 6.04 Å². The molecule has 132 valence electrons. The smallest absolute Gasteiger partial charge is 0.261 e. The molecule has 1 unspecified atom stereocenters. The first-order valence-electron chi connectivity index (χ1n) is 7.88. The predicted molar refractivity (Wildman–Crippen MR) is 85.6 cm³/mol. The summed E-state index contributed by atoms with van der Waals surface area (Å²) < 4.78 is 45.2. The molecule has 1 fully saturated rings. The first-order chi connectivity index (χ1) is 12.0. The lowest BCUT2D eigenvalue weighted by Gasteiger charge is -2.36. The zero-order valence-electron chi connectivity index (χ0n) is 13.3. The maximum absolute atomic E-state index is 13.6. The monoisotopic (exact) mass is 350 g/mol. The van der Waals surface area contributed by atoms with Gasteiger partial charge in [0.05, 0.1) is 6.04 Å². The summed E-state index contributed by atoms with van der Waals surface area (Å²) in [6.07, 6.45) is 0. The summed E-state index contributed by atoms with van der Waals surface area (Å²) in [5.41, 5.74) is 0.675. The Morgan fingerprint density at radius 3 is 2.72 bits per heavy atom. The third-order valence-electron chi connectivity index (χ3n) is 4.04. The molecule has 0 saturated carbocycles. The van der Waals surface area contributed by atoms with E-state index in [-0.39, 0.29) is 30.1 Å². The molecule has 2 aromatic rings. The fraction of sp³-hybridized carbons (Fsp3) is 0.278. The quantitative estimate of drug-likeness (QED) is 0.922. The first kappa shape index (κ1) is 17.3. The van der Waals surface area contributed by atoms with Crippen LogP contribution in [0.3, 0.4) is 0 Å². The topological polar surface area (TPSA) is 41.6 Å². The summed E-state index contributed by atoms with van der Waals surface area (Å²) in [5, 5.41) is 3.17. The molecule has 1 N–H and O–H groups in total. The van der Waals surface area contributed by atoms with Crippen molar-refractivity contribution in [3.63, 3.8) is 0 Å². The maximum Gasteiger partial charge on any atom is 0.261 e. The minimum Gasteiger partial charge on any atom is -0.481 e. The summed E-state index contributed by atoms with van der Waals surface area (Å²) in [5.74, 6) is -2.49. The van der Waals surface area contributed by atoms with Crippen molar-refractivity contribution in [1.29, 1.82) is 0 Å². The van der Waals surface area contributed by atoms with Gasteiger partial charge in [-0.1, -0.05) is 12.1 Å². The lowest BCUT2D eigenvalue weighted by atomic mass is 10.0.